The second kappa shape index (κ2) is 5.82. The second-order valence-corrected chi connectivity index (χ2v) is 6.08. The van der Waals surface area contributed by atoms with Gasteiger partial charge in [0.25, 0.3) is 0 Å². The Morgan fingerprint density at radius 2 is 1.79 bits per heavy atom. The molecule has 124 valence electrons. The summed E-state index contributed by atoms with van der Waals surface area (Å²) < 4.78 is 45.3. The van der Waals surface area contributed by atoms with Gasteiger partial charge in [0.05, 0.1) is 12.7 Å². The smallest absolute Gasteiger partial charge is 0.337 e. The highest BCUT2D eigenvalue weighted by Gasteiger charge is 2.32. The van der Waals surface area contributed by atoms with Gasteiger partial charge in [0, 0.05) is 11.5 Å². The minimum atomic E-state index is -1.21. The summed E-state index contributed by atoms with van der Waals surface area (Å²) in [5.74, 6) is -3.55. The Hall–Kier alpha value is -2.56. The Kier molecular flexibility index (Phi) is 3.95. The molecule has 1 aliphatic rings. The minimum absolute atomic E-state index is 0.0809. The Morgan fingerprint density at radius 3 is 2.50 bits per heavy atom. The van der Waals surface area contributed by atoms with Crippen molar-refractivity contribution in [2.24, 2.45) is 0 Å². The molecule has 3 rings (SSSR count). The van der Waals surface area contributed by atoms with E-state index in [1.165, 1.54) is 7.11 Å². The third kappa shape index (κ3) is 2.70. The molecule has 2 aromatic carbocycles. The molecule has 24 heavy (non-hydrogen) atoms. The molecule has 0 fully saturated rings. The average Bonchev–Trinajstić information content (AvgIpc) is 2.88. The van der Waals surface area contributed by atoms with Crippen LogP contribution in [0.5, 0.6) is 0 Å². The standard InChI is InChI=1S/C19H15F3O2/c1-19(10-13-8-16(21)17(22)9-15(13)20)6-5-11-3-4-12(7-14(11)19)18(23)24-2/h3-9H,10H2,1-2H3/t19-/m0/s1. The summed E-state index contributed by atoms with van der Waals surface area (Å²) in [5, 5.41) is 0. The molecule has 0 N–H and O–H groups in total. The third-order valence-corrected chi connectivity index (χ3v) is 4.37. The van der Waals surface area contributed by atoms with Crippen LogP contribution >= 0.6 is 0 Å². The van der Waals surface area contributed by atoms with E-state index in [1.807, 2.05) is 19.1 Å². The first-order valence-corrected chi connectivity index (χ1v) is 7.39. The molecular formula is C19H15F3O2. The van der Waals surface area contributed by atoms with E-state index in [-0.39, 0.29) is 12.0 Å². The van der Waals surface area contributed by atoms with Gasteiger partial charge >= 0.3 is 5.97 Å². The van der Waals surface area contributed by atoms with Crippen molar-refractivity contribution in [1.29, 1.82) is 0 Å². The molecule has 0 amide bonds. The maximum atomic E-state index is 14.0. The van der Waals surface area contributed by atoms with Crippen LogP contribution in [-0.2, 0) is 16.6 Å². The van der Waals surface area contributed by atoms with Crippen LogP contribution in [0.15, 0.2) is 36.4 Å². The van der Waals surface area contributed by atoms with Gasteiger partial charge in [-0.2, -0.15) is 0 Å². The molecule has 0 saturated carbocycles. The zero-order chi connectivity index (χ0) is 17.5. The van der Waals surface area contributed by atoms with E-state index < -0.39 is 28.8 Å². The maximum absolute atomic E-state index is 14.0. The fourth-order valence-electron chi connectivity index (χ4n) is 3.05. The first kappa shape index (κ1) is 16.3. The molecule has 5 heteroatoms. The highest BCUT2D eigenvalue weighted by atomic mass is 19.2. The number of rotatable bonds is 3. The number of ether oxygens (including phenoxy) is 1. The predicted octanol–water partition coefficient (Wildman–Crippen LogP) is 4.42. The van der Waals surface area contributed by atoms with Crippen molar-refractivity contribution < 1.29 is 22.7 Å². The van der Waals surface area contributed by atoms with Gasteiger partial charge in [-0.3, -0.25) is 0 Å². The van der Waals surface area contributed by atoms with E-state index >= 15 is 0 Å². The number of carbonyl (C=O) groups excluding carboxylic acids is 1. The van der Waals surface area contributed by atoms with Gasteiger partial charge < -0.3 is 4.74 Å². The van der Waals surface area contributed by atoms with Gasteiger partial charge in [-0.1, -0.05) is 25.1 Å². The normalized spacial score (nSPS) is 18.5. The Balaban J connectivity index is 2.01. The van der Waals surface area contributed by atoms with Crippen LogP contribution in [0.1, 0.15) is 34.0 Å². The Morgan fingerprint density at radius 1 is 1.08 bits per heavy atom. The van der Waals surface area contributed by atoms with Crippen molar-refractivity contribution in [2.45, 2.75) is 18.8 Å². The fourth-order valence-corrected chi connectivity index (χ4v) is 3.05. The lowest BCUT2D eigenvalue weighted by atomic mass is 9.78. The molecule has 2 nitrogen and oxygen atoms in total. The number of halogens is 3. The Labute approximate surface area is 137 Å². The lowest BCUT2D eigenvalue weighted by Crippen LogP contribution is -2.22. The summed E-state index contributed by atoms with van der Waals surface area (Å²) in [6.45, 7) is 1.86. The SMILES string of the molecule is COC(=O)c1ccc2c(c1)[C@](C)(Cc1cc(F)c(F)cc1F)C=C2. The summed E-state index contributed by atoms with van der Waals surface area (Å²) in [4.78, 5) is 11.7. The summed E-state index contributed by atoms with van der Waals surface area (Å²) >= 11 is 0. The molecule has 0 saturated heterocycles. The van der Waals surface area contributed by atoms with Crippen molar-refractivity contribution in [1.82, 2.24) is 0 Å². The van der Waals surface area contributed by atoms with Crippen LogP contribution in [0, 0.1) is 17.5 Å². The molecule has 0 bridgehead atoms. The molecule has 0 aliphatic heterocycles. The van der Waals surface area contributed by atoms with E-state index in [0.29, 0.717) is 11.6 Å². The lowest BCUT2D eigenvalue weighted by Gasteiger charge is -2.25. The van der Waals surface area contributed by atoms with E-state index in [2.05, 4.69) is 0 Å². The number of hydrogen-bond donors (Lipinski definition) is 0. The van der Waals surface area contributed by atoms with Crippen LogP contribution in [0.4, 0.5) is 13.2 Å². The number of allylic oxidation sites excluding steroid dienone is 1. The summed E-state index contributed by atoms with van der Waals surface area (Å²) in [5.41, 5.74) is 1.54. The van der Waals surface area contributed by atoms with E-state index in [9.17, 15) is 18.0 Å². The first-order valence-electron chi connectivity index (χ1n) is 7.39. The molecule has 0 radical (unpaired) electrons. The van der Waals surface area contributed by atoms with Crippen molar-refractivity contribution in [3.05, 3.63) is 76.1 Å². The summed E-state index contributed by atoms with van der Waals surface area (Å²) in [6, 6.07) is 6.56. The van der Waals surface area contributed by atoms with Gasteiger partial charge in [0.15, 0.2) is 11.6 Å². The Bertz CT molecular complexity index is 858. The molecule has 0 spiro atoms. The van der Waals surface area contributed by atoms with Crippen molar-refractivity contribution >= 4 is 12.0 Å². The van der Waals surface area contributed by atoms with E-state index in [4.69, 9.17) is 4.74 Å². The quantitative estimate of drug-likeness (QED) is 0.614. The lowest BCUT2D eigenvalue weighted by molar-refractivity contribution is 0.0600. The molecular weight excluding hydrogens is 317 g/mol. The maximum Gasteiger partial charge on any atom is 0.337 e. The van der Waals surface area contributed by atoms with Gasteiger partial charge in [-0.15, -0.1) is 0 Å². The third-order valence-electron chi connectivity index (χ3n) is 4.37. The van der Waals surface area contributed by atoms with Gasteiger partial charge in [-0.25, -0.2) is 18.0 Å². The summed E-state index contributed by atoms with van der Waals surface area (Å²) in [6.07, 6.45) is 3.89. The summed E-state index contributed by atoms with van der Waals surface area (Å²) in [7, 11) is 1.30. The topological polar surface area (TPSA) is 26.3 Å². The number of benzene rings is 2. The zero-order valence-corrected chi connectivity index (χ0v) is 13.2. The monoisotopic (exact) mass is 332 g/mol. The molecule has 2 aromatic rings. The van der Waals surface area contributed by atoms with Crippen LogP contribution < -0.4 is 0 Å². The van der Waals surface area contributed by atoms with E-state index in [0.717, 1.165) is 17.2 Å². The van der Waals surface area contributed by atoms with Crippen LogP contribution in [0.25, 0.3) is 6.08 Å². The second-order valence-electron chi connectivity index (χ2n) is 6.08. The van der Waals surface area contributed by atoms with Crippen molar-refractivity contribution in [3.63, 3.8) is 0 Å². The highest BCUT2D eigenvalue weighted by Crippen LogP contribution is 2.39. The number of hydrogen-bond acceptors (Lipinski definition) is 2. The number of methoxy groups -OCH3 is 1. The van der Waals surface area contributed by atoms with Gasteiger partial charge in [0.2, 0.25) is 0 Å². The number of esters is 1. The van der Waals surface area contributed by atoms with Crippen molar-refractivity contribution in [3.8, 4) is 0 Å². The van der Waals surface area contributed by atoms with Gasteiger partial charge in [-0.05, 0) is 41.3 Å². The van der Waals surface area contributed by atoms with Gasteiger partial charge in [0.1, 0.15) is 5.82 Å². The fraction of sp³-hybridized carbons (Fsp3) is 0.211. The van der Waals surface area contributed by atoms with Crippen LogP contribution in [0.2, 0.25) is 0 Å². The predicted molar refractivity (Wildman–Crippen MR) is 84.2 cm³/mol. The average molecular weight is 332 g/mol. The van der Waals surface area contributed by atoms with Crippen molar-refractivity contribution in [2.75, 3.05) is 7.11 Å². The van der Waals surface area contributed by atoms with Crippen LogP contribution in [0.3, 0.4) is 0 Å². The number of fused-ring (bicyclic) bond motifs is 1. The first-order chi connectivity index (χ1) is 11.3. The highest BCUT2D eigenvalue weighted by molar-refractivity contribution is 5.90. The van der Waals surface area contributed by atoms with Crippen LogP contribution in [-0.4, -0.2) is 13.1 Å². The van der Waals surface area contributed by atoms with E-state index in [1.54, 1.807) is 18.2 Å². The zero-order valence-electron chi connectivity index (χ0n) is 13.2. The minimum Gasteiger partial charge on any atom is -0.465 e. The molecule has 1 aliphatic carbocycles. The molecule has 0 unspecified atom stereocenters. The largest absolute Gasteiger partial charge is 0.465 e. The molecule has 0 heterocycles. The molecule has 0 aromatic heterocycles. The number of carbonyl (C=O) groups is 1. The molecule has 1 atom stereocenters.